The van der Waals surface area contributed by atoms with Gasteiger partial charge in [0.05, 0.1) is 23.1 Å². The lowest BCUT2D eigenvalue weighted by atomic mass is 10.1. The van der Waals surface area contributed by atoms with Crippen LogP contribution in [0.1, 0.15) is 24.2 Å². The van der Waals surface area contributed by atoms with Crippen molar-refractivity contribution in [1.82, 2.24) is 24.4 Å². The lowest BCUT2D eigenvalue weighted by molar-refractivity contribution is 0.338. The molecule has 0 atom stereocenters. The van der Waals surface area contributed by atoms with Gasteiger partial charge in [0, 0.05) is 29.7 Å². The molecule has 0 spiro atoms. The van der Waals surface area contributed by atoms with Gasteiger partial charge in [0.15, 0.2) is 0 Å². The molecule has 1 saturated heterocycles. The SMILES string of the molecule is Nc1nccc(-c2ccc3nc(CCN4CCCC4)n(Cc4cccc(Cl)c4)c(=O)c3c2)n1. The molecule has 4 aromatic rings. The summed E-state index contributed by atoms with van der Waals surface area (Å²) in [7, 11) is 0. The number of hydrogen-bond acceptors (Lipinski definition) is 6. The number of nitrogens with two attached hydrogens (primary N) is 1. The third kappa shape index (κ3) is 4.74. The molecule has 0 aliphatic carbocycles. The molecule has 168 valence electrons. The molecule has 0 bridgehead atoms. The first-order valence-corrected chi connectivity index (χ1v) is 11.5. The number of fused-ring (bicyclic) bond motifs is 1. The third-order valence-electron chi connectivity index (χ3n) is 6.08. The highest BCUT2D eigenvalue weighted by molar-refractivity contribution is 6.30. The second-order valence-electron chi connectivity index (χ2n) is 8.38. The van der Waals surface area contributed by atoms with Gasteiger partial charge in [0.1, 0.15) is 5.82 Å². The van der Waals surface area contributed by atoms with Gasteiger partial charge in [-0.3, -0.25) is 9.36 Å². The zero-order valence-corrected chi connectivity index (χ0v) is 19.0. The van der Waals surface area contributed by atoms with Crippen molar-refractivity contribution in [2.45, 2.75) is 25.8 Å². The largest absolute Gasteiger partial charge is 0.368 e. The van der Waals surface area contributed by atoms with Gasteiger partial charge in [-0.2, -0.15) is 0 Å². The van der Waals surface area contributed by atoms with Crippen LogP contribution < -0.4 is 11.3 Å². The van der Waals surface area contributed by atoms with Crippen LogP contribution in [0.4, 0.5) is 5.95 Å². The molecule has 0 amide bonds. The Labute approximate surface area is 196 Å². The Bertz CT molecular complexity index is 1360. The van der Waals surface area contributed by atoms with Crippen molar-refractivity contribution >= 4 is 28.5 Å². The summed E-state index contributed by atoms with van der Waals surface area (Å²) in [4.78, 5) is 29.3. The van der Waals surface area contributed by atoms with Gasteiger partial charge >= 0.3 is 0 Å². The van der Waals surface area contributed by atoms with Crippen LogP contribution in [0.3, 0.4) is 0 Å². The fourth-order valence-electron chi connectivity index (χ4n) is 4.40. The molecule has 3 heterocycles. The van der Waals surface area contributed by atoms with Crippen LogP contribution in [0.25, 0.3) is 22.2 Å². The Balaban J connectivity index is 1.59. The third-order valence-corrected chi connectivity index (χ3v) is 6.32. The Morgan fingerprint density at radius 3 is 2.67 bits per heavy atom. The van der Waals surface area contributed by atoms with Gasteiger partial charge in [-0.15, -0.1) is 0 Å². The van der Waals surface area contributed by atoms with Crippen molar-refractivity contribution in [3.05, 3.63) is 81.5 Å². The van der Waals surface area contributed by atoms with Crippen LogP contribution in [-0.4, -0.2) is 44.1 Å². The standard InChI is InChI=1S/C25H25ClN6O/c26-19-5-3-4-17(14-19)16-32-23(9-13-31-11-1-2-12-31)29-22-7-6-18(15-20(22)24(32)33)21-8-10-28-25(27)30-21/h3-8,10,14-15H,1-2,9,11-13,16H2,(H2,27,28,30). The van der Waals surface area contributed by atoms with Gasteiger partial charge in [0.25, 0.3) is 5.56 Å². The van der Waals surface area contributed by atoms with Crippen LogP contribution in [0, 0.1) is 0 Å². The van der Waals surface area contributed by atoms with Crippen molar-refractivity contribution in [3.8, 4) is 11.3 Å². The number of likely N-dealkylation sites (tertiary alicyclic amines) is 1. The van der Waals surface area contributed by atoms with E-state index in [0.717, 1.165) is 43.0 Å². The summed E-state index contributed by atoms with van der Waals surface area (Å²) in [5.74, 6) is 0.986. The molecule has 1 fully saturated rings. The smallest absolute Gasteiger partial charge is 0.261 e. The molecule has 0 unspecified atom stereocenters. The molecule has 8 heteroatoms. The highest BCUT2D eigenvalue weighted by Crippen LogP contribution is 2.22. The van der Waals surface area contributed by atoms with E-state index in [2.05, 4.69) is 14.9 Å². The predicted octanol–water partition coefficient (Wildman–Crippen LogP) is 3.78. The topological polar surface area (TPSA) is 89.9 Å². The summed E-state index contributed by atoms with van der Waals surface area (Å²) in [6, 6.07) is 15.0. The second-order valence-corrected chi connectivity index (χ2v) is 8.82. The molecule has 33 heavy (non-hydrogen) atoms. The number of hydrogen-bond donors (Lipinski definition) is 1. The number of nitrogen functional groups attached to an aromatic ring is 1. The molecule has 2 N–H and O–H groups in total. The summed E-state index contributed by atoms with van der Waals surface area (Å²) in [6.45, 7) is 3.53. The van der Waals surface area contributed by atoms with Crippen LogP contribution >= 0.6 is 11.6 Å². The summed E-state index contributed by atoms with van der Waals surface area (Å²) in [5, 5.41) is 1.20. The normalized spacial score (nSPS) is 14.2. The Hall–Kier alpha value is -3.29. The van der Waals surface area contributed by atoms with E-state index in [1.807, 2.05) is 42.5 Å². The van der Waals surface area contributed by atoms with Crippen LogP contribution in [0.2, 0.25) is 5.02 Å². The number of anilines is 1. The highest BCUT2D eigenvalue weighted by atomic mass is 35.5. The first-order chi connectivity index (χ1) is 16.1. The van der Waals surface area contributed by atoms with Crippen LogP contribution in [0.15, 0.2) is 59.5 Å². The zero-order chi connectivity index (χ0) is 22.8. The number of aromatic nitrogens is 4. The molecule has 2 aromatic heterocycles. The van der Waals surface area contributed by atoms with Crippen molar-refractivity contribution in [1.29, 1.82) is 0 Å². The lowest BCUT2D eigenvalue weighted by Gasteiger charge is -2.18. The molecule has 1 aliphatic rings. The van der Waals surface area contributed by atoms with Gasteiger partial charge in [-0.25, -0.2) is 15.0 Å². The molecular weight excluding hydrogens is 436 g/mol. The minimum atomic E-state index is -0.0692. The molecular formula is C25H25ClN6O. The predicted molar refractivity (Wildman–Crippen MR) is 131 cm³/mol. The van der Waals surface area contributed by atoms with Crippen LogP contribution in [-0.2, 0) is 13.0 Å². The quantitative estimate of drug-likeness (QED) is 0.471. The number of rotatable bonds is 6. The number of nitrogens with zero attached hydrogens (tertiary/aromatic N) is 5. The zero-order valence-electron chi connectivity index (χ0n) is 18.2. The maximum atomic E-state index is 13.7. The molecule has 5 rings (SSSR count). The first kappa shape index (κ1) is 21.6. The molecule has 2 aromatic carbocycles. The van der Waals surface area contributed by atoms with E-state index in [0.29, 0.717) is 28.2 Å². The minimum absolute atomic E-state index is 0.0692. The summed E-state index contributed by atoms with van der Waals surface area (Å²) in [6.07, 6.45) is 4.79. The average molecular weight is 461 g/mol. The van der Waals surface area contributed by atoms with Crippen molar-refractivity contribution in [2.24, 2.45) is 0 Å². The Morgan fingerprint density at radius 2 is 1.88 bits per heavy atom. The van der Waals surface area contributed by atoms with E-state index >= 15 is 0 Å². The number of benzene rings is 2. The van der Waals surface area contributed by atoms with Gasteiger partial charge in [0.2, 0.25) is 5.95 Å². The van der Waals surface area contributed by atoms with E-state index < -0.39 is 0 Å². The van der Waals surface area contributed by atoms with Crippen molar-refractivity contribution in [3.63, 3.8) is 0 Å². The number of halogens is 1. The lowest BCUT2D eigenvalue weighted by Crippen LogP contribution is -2.29. The summed E-state index contributed by atoms with van der Waals surface area (Å²) in [5.41, 5.74) is 8.80. The van der Waals surface area contributed by atoms with E-state index in [4.69, 9.17) is 22.3 Å². The van der Waals surface area contributed by atoms with E-state index in [1.165, 1.54) is 12.8 Å². The maximum absolute atomic E-state index is 13.7. The fourth-order valence-corrected chi connectivity index (χ4v) is 4.61. The van der Waals surface area contributed by atoms with Gasteiger partial charge in [-0.1, -0.05) is 29.8 Å². The molecule has 0 radical (unpaired) electrons. The summed E-state index contributed by atoms with van der Waals surface area (Å²) >= 11 is 6.20. The van der Waals surface area contributed by atoms with Gasteiger partial charge in [-0.05, 0) is 61.8 Å². The Kier molecular flexibility index (Phi) is 6.07. The molecule has 7 nitrogen and oxygen atoms in total. The maximum Gasteiger partial charge on any atom is 0.261 e. The summed E-state index contributed by atoms with van der Waals surface area (Å²) < 4.78 is 1.78. The molecule has 0 saturated carbocycles. The van der Waals surface area contributed by atoms with Gasteiger partial charge < -0.3 is 10.6 Å². The van der Waals surface area contributed by atoms with E-state index in [-0.39, 0.29) is 11.5 Å². The van der Waals surface area contributed by atoms with Crippen LogP contribution in [0.5, 0.6) is 0 Å². The van der Waals surface area contributed by atoms with E-state index in [1.54, 1.807) is 16.8 Å². The average Bonchev–Trinajstić information content (AvgIpc) is 3.33. The van der Waals surface area contributed by atoms with Crippen molar-refractivity contribution < 1.29 is 0 Å². The first-order valence-electron chi connectivity index (χ1n) is 11.2. The second kappa shape index (κ2) is 9.29. The highest BCUT2D eigenvalue weighted by Gasteiger charge is 2.16. The minimum Gasteiger partial charge on any atom is -0.368 e. The van der Waals surface area contributed by atoms with Crippen molar-refractivity contribution in [2.75, 3.05) is 25.4 Å². The monoisotopic (exact) mass is 460 g/mol. The fraction of sp³-hybridized carbons (Fsp3) is 0.280. The van der Waals surface area contributed by atoms with E-state index in [9.17, 15) is 4.79 Å². The molecule has 1 aliphatic heterocycles. The Morgan fingerprint density at radius 1 is 1.03 bits per heavy atom.